The Morgan fingerprint density at radius 2 is 1.79 bits per heavy atom. The molecule has 1 saturated heterocycles. The average Bonchev–Trinajstić information content (AvgIpc) is 2.40. The number of nitrogens with one attached hydrogen (secondary N) is 1. The SMILES string of the molecule is CC1CCN(CC(O)CNC2CCCCC2C)CC1. The highest BCUT2D eigenvalue weighted by atomic mass is 16.3. The van der Waals surface area contributed by atoms with E-state index >= 15 is 0 Å². The van der Waals surface area contributed by atoms with Crippen LogP contribution in [0.2, 0.25) is 0 Å². The van der Waals surface area contributed by atoms with Gasteiger partial charge in [0.05, 0.1) is 6.10 Å². The molecule has 0 aromatic carbocycles. The molecule has 0 bridgehead atoms. The molecule has 0 aromatic heterocycles. The van der Waals surface area contributed by atoms with E-state index in [1.807, 2.05) is 0 Å². The molecule has 1 saturated carbocycles. The molecule has 1 aliphatic heterocycles. The van der Waals surface area contributed by atoms with Crippen molar-refractivity contribution in [2.24, 2.45) is 11.8 Å². The monoisotopic (exact) mass is 268 g/mol. The smallest absolute Gasteiger partial charge is 0.0791 e. The van der Waals surface area contributed by atoms with E-state index in [1.165, 1.54) is 38.5 Å². The molecule has 2 fully saturated rings. The summed E-state index contributed by atoms with van der Waals surface area (Å²) in [5.41, 5.74) is 0. The molecule has 3 atom stereocenters. The zero-order valence-corrected chi connectivity index (χ0v) is 12.8. The predicted molar refractivity (Wildman–Crippen MR) is 80.3 cm³/mol. The number of β-amino-alcohol motifs (C(OH)–C–C–N with tert-alkyl or cyclic N) is 1. The van der Waals surface area contributed by atoms with Crippen LogP contribution in [-0.2, 0) is 0 Å². The summed E-state index contributed by atoms with van der Waals surface area (Å²) in [6.07, 6.45) is 7.74. The molecule has 1 heterocycles. The number of piperidine rings is 1. The van der Waals surface area contributed by atoms with Crippen molar-refractivity contribution in [2.45, 2.75) is 64.5 Å². The Morgan fingerprint density at radius 3 is 2.47 bits per heavy atom. The number of hydrogen-bond acceptors (Lipinski definition) is 3. The Bertz CT molecular complexity index is 251. The van der Waals surface area contributed by atoms with Crippen LogP contribution in [0.3, 0.4) is 0 Å². The number of hydrogen-bond donors (Lipinski definition) is 2. The minimum absolute atomic E-state index is 0.206. The van der Waals surface area contributed by atoms with Crippen LogP contribution in [0.1, 0.15) is 52.4 Å². The Labute approximate surface area is 118 Å². The lowest BCUT2D eigenvalue weighted by molar-refractivity contribution is 0.0854. The van der Waals surface area contributed by atoms with Gasteiger partial charge < -0.3 is 15.3 Å². The molecule has 0 radical (unpaired) electrons. The van der Waals surface area contributed by atoms with E-state index in [-0.39, 0.29) is 6.10 Å². The molecular weight excluding hydrogens is 236 g/mol. The molecule has 1 aliphatic carbocycles. The minimum Gasteiger partial charge on any atom is -0.390 e. The first kappa shape index (κ1) is 15.3. The highest BCUT2D eigenvalue weighted by Crippen LogP contribution is 2.23. The van der Waals surface area contributed by atoms with E-state index < -0.39 is 0 Å². The lowest BCUT2D eigenvalue weighted by atomic mass is 9.86. The second-order valence-electron chi connectivity index (χ2n) is 6.91. The van der Waals surface area contributed by atoms with E-state index in [2.05, 4.69) is 24.1 Å². The van der Waals surface area contributed by atoms with Crippen molar-refractivity contribution in [3.05, 3.63) is 0 Å². The number of aliphatic hydroxyl groups excluding tert-OH is 1. The fourth-order valence-electron chi connectivity index (χ4n) is 3.51. The van der Waals surface area contributed by atoms with Crippen molar-refractivity contribution < 1.29 is 5.11 Å². The Balaban J connectivity index is 1.62. The average molecular weight is 268 g/mol. The Morgan fingerprint density at radius 1 is 1.11 bits per heavy atom. The van der Waals surface area contributed by atoms with Gasteiger partial charge in [0, 0.05) is 19.1 Å². The molecule has 2 rings (SSSR count). The van der Waals surface area contributed by atoms with Crippen LogP contribution in [-0.4, -0.2) is 48.3 Å². The highest BCUT2D eigenvalue weighted by Gasteiger charge is 2.22. The first-order valence-electron chi connectivity index (χ1n) is 8.29. The zero-order chi connectivity index (χ0) is 13.7. The Kier molecular flexibility index (Phi) is 6.11. The first-order chi connectivity index (χ1) is 9.15. The summed E-state index contributed by atoms with van der Waals surface area (Å²) in [4.78, 5) is 2.43. The fourth-order valence-corrected chi connectivity index (χ4v) is 3.51. The van der Waals surface area contributed by atoms with Gasteiger partial charge in [-0.2, -0.15) is 0 Å². The van der Waals surface area contributed by atoms with E-state index in [4.69, 9.17) is 0 Å². The molecule has 0 amide bonds. The number of rotatable bonds is 5. The van der Waals surface area contributed by atoms with Gasteiger partial charge in [-0.05, 0) is 50.6 Å². The van der Waals surface area contributed by atoms with Gasteiger partial charge in [0.25, 0.3) is 0 Å². The largest absolute Gasteiger partial charge is 0.390 e. The molecule has 2 aliphatic rings. The van der Waals surface area contributed by atoms with Gasteiger partial charge in [0.1, 0.15) is 0 Å². The number of nitrogens with zero attached hydrogens (tertiary/aromatic N) is 1. The summed E-state index contributed by atoms with van der Waals surface area (Å²) in [5, 5.41) is 13.8. The summed E-state index contributed by atoms with van der Waals surface area (Å²) in [6.45, 7) is 8.62. The summed E-state index contributed by atoms with van der Waals surface area (Å²) in [6, 6.07) is 0.629. The number of likely N-dealkylation sites (tertiary alicyclic amines) is 1. The molecular formula is C16H32N2O. The van der Waals surface area contributed by atoms with Gasteiger partial charge in [-0.25, -0.2) is 0 Å². The summed E-state index contributed by atoms with van der Waals surface area (Å²) in [7, 11) is 0. The molecule has 2 N–H and O–H groups in total. The predicted octanol–water partition coefficient (Wildman–Crippen LogP) is 2.25. The summed E-state index contributed by atoms with van der Waals surface area (Å²) >= 11 is 0. The lowest BCUT2D eigenvalue weighted by Gasteiger charge is -2.33. The molecule has 112 valence electrons. The first-order valence-corrected chi connectivity index (χ1v) is 8.29. The maximum atomic E-state index is 10.2. The van der Waals surface area contributed by atoms with E-state index in [1.54, 1.807) is 0 Å². The summed E-state index contributed by atoms with van der Waals surface area (Å²) < 4.78 is 0. The van der Waals surface area contributed by atoms with Crippen molar-refractivity contribution in [2.75, 3.05) is 26.2 Å². The van der Waals surface area contributed by atoms with Gasteiger partial charge in [-0.1, -0.05) is 26.7 Å². The van der Waals surface area contributed by atoms with Crippen LogP contribution in [0.25, 0.3) is 0 Å². The molecule has 19 heavy (non-hydrogen) atoms. The molecule has 3 nitrogen and oxygen atoms in total. The second kappa shape index (κ2) is 7.61. The quantitative estimate of drug-likeness (QED) is 0.803. The maximum Gasteiger partial charge on any atom is 0.0791 e. The van der Waals surface area contributed by atoms with Crippen molar-refractivity contribution in [3.8, 4) is 0 Å². The normalized spacial score (nSPS) is 32.4. The highest BCUT2D eigenvalue weighted by molar-refractivity contribution is 4.80. The fraction of sp³-hybridized carbons (Fsp3) is 1.00. The van der Waals surface area contributed by atoms with E-state index in [0.29, 0.717) is 6.04 Å². The number of aliphatic hydroxyl groups is 1. The third kappa shape index (κ3) is 5.05. The van der Waals surface area contributed by atoms with Crippen LogP contribution < -0.4 is 5.32 Å². The topological polar surface area (TPSA) is 35.5 Å². The van der Waals surface area contributed by atoms with Crippen molar-refractivity contribution in [1.29, 1.82) is 0 Å². The third-order valence-corrected chi connectivity index (χ3v) is 5.07. The van der Waals surface area contributed by atoms with E-state index in [9.17, 15) is 5.11 Å². The van der Waals surface area contributed by atoms with Crippen LogP contribution in [0.15, 0.2) is 0 Å². The third-order valence-electron chi connectivity index (χ3n) is 5.07. The molecule has 0 aromatic rings. The van der Waals surface area contributed by atoms with Crippen LogP contribution in [0, 0.1) is 11.8 Å². The van der Waals surface area contributed by atoms with Crippen molar-refractivity contribution in [3.63, 3.8) is 0 Å². The van der Waals surface area contributed by atoms with Crippen molar-refractivity contribution in [1.82, 2.24) is 10.2 Å². The lowest BCUT2D eigenvalue weighted by Crippen LogP contribution is -2.46. The van der Waals surface area contributed by atoms with Gasteiger partial charge in [0.15, 0.2) is 0 Å². The van der Waals surface area contributed by atoms with Crippen molar-refractivity contribution >= 4 is 0 Å². The standard InChI is InChI=1S/C16H32N2O/c1-13-7-9-18(10-8-13)12-15(19)11-17-16-6-4-3-5-14(16)2/h13-17,19H,3-12H2,1-2H3. The van der Waals surface area contributed by atoms with Crippen LogP contribution >= 0.6 is 0 Å². The molecule has 3 heteroatoms. The van der Waals surface area contributed by atoms with Crippen LogP contribution in [0.5, 0.6) is 0 Å². The summed E-state index contributed by atoms with van der Waals surface area (Å²) in [5.74, 6) is 1.64. The second-order valence-corrected chi connectivity index (χ2v) is 6.91. The minimum atomic E-state index is -0.206. The zero-order valence-electron chi connectivity index (χ0n) is 12.8. The molecule has 3 unspecified atom stereocenters. The molecule has 0 spiro atoms. The van der Waals surface area contributed by atoms with Gasteiger partial charge in [0.2, 0.25) is 0 Å². The maximum absolute atomic E-state index is 10.2. The van der Waals surface area contributed by atoms with Gasteiger partial charge in [-0.3, -0.25) is 0 Å². The van der Waals surface area contributed by atoms with Gasteiger partial charge >= 0.3 is 0 Å². The van der Waals surface area contributed by atoms with Crippen LogP contribution in [0.4, 0.5) is 0 Å². The van der Waals surface area contributed by atoms with Gasteiger partial charge in [-0.15, -0.1) is 0 Å². The Hall–Kier alpha value is -0.120. The van der Waals surface area contributed by atoms with E-state index in [0.717, 1.165) is 38.0 Å².